The molecule has 4 rings (SSSR count). The third-order valence-electron chi connectivity index (χ3n) is 4.91. The molecule has 0 fully saturated rings. The SMILES string of the molecule is Cc1cc2oc(=O)cc(COC(=O)c3ccc(-n4cnnn4)cc3)c2cc1C(C)C. The Kier molecular flexibility index (Phi) is 5.14. The van der Waals surface area contributed by atoms with Crippen LogP contribution in [-0.2, 0) is 11.3 Å². The Morgan fingerprint density at radius 3 is 2.60 bits per heavy atom. The summed E-state index contributed by atoms with van der Waals surface area (Å²) in [6.07, 6.45) is 1.46. The molecule has 0 aliphatic carbocycles. The van der Waals surface area contributed by atoms with Gasteiger partial charge < -0.3 is 9.15 Å². The van der Waals surface area contributed by atoms with Crippen molar-refractivity contribution in [2.75, 3.05) is 0 Å². The van der Waals surface area contributed by atoms with E-state index in [4.69, 9.17) is 9.15 Å². The van der Waals surface area contributed by atoms with Crippen LogP contribution >= 0.6 is 0 Å². The molecule has 0 spiro atoms. The van der Waals surface area contributed by atoms with Crippen molar-refractivity contribution in [2.45, 2.75) is 33.3 Å². The monoisotopic (exact) mass is 404 g/mol. The number of aromatic nitrogens is 4. The summed E-state index contributed by atoms with van der Waals surface area (Å²) in [4.78, 5) is 24.5. The average Bonchev–Trinajstić information content (AvgIpc) is 3.26. The van der Waals surface area contributed by atoms with E-state index >= 15 is 0 Å². The molecule has 2 aromatic carbocycles. The summed E-state index contributed by atoms with van der Waals surface area (Å²) in [5, 5.41) is 11.7. The fraction of sp³-hybridized carbons (Fsp3) is 0.227. The van der Waals surface area contributed by atoms with Crippen molar-refractivity contribution in [2.24, 2.45) is 0 Å². The highest BCUT2D eigenvalue weighted by atomic mass is 16.5. The van der Waals surface area contributed by atoms with E-state index < -0.39 is 11.6 Å². The molecule has 0 aliphatic heterocycles. The molecule has 0 radical (unpaired) electrons. The lowest BCUT2D eigenvalue weighted by Crippen LogP contribution is -2.08. The number of carbonyl (C=O) groups excluding carboxylic acids is 1. The van der Waals surface area contributed by atoms with Gasteiger partial charge in [-0.25, -0.2) is 14.3 Å². The van der Waals surface area contributed by atoms with Crippen LogP contribution in [0.1, 0.15) is 46.8 Å². The number of hydrogen-bond donors (Lipinski definition) is 0. The van der Waals surface area contributed by atoms with Crippen LogP contribution in [0.4, 0.5) is 0 Å². The van der Waals surface area contributed by atoms with Gasteiger partial charge in [-0.15, -0.1) is 5.10 Å². The lowest BCUT2D eigenvalue weighted by Gasteiger charge is -2.13. The minimum Gasteiger partial charge on any atom is -0.457 e. The highest BCUT2D eigenvalue weighted by Crippen LogP contribution is 2.27. The number of hydrogen-bond acceptors (Lipinski definition) is 7. The van der Waals surface area contributed by atoms with Gasteiger partial charge in [-0.2, -0.15) is 0 Å². The molecular formula is C22H20N4O4. The minimum absolute atomic E-state index is 0.0315. The van der Waals surface area contributed by atoms with Gasteiger partial charge in [0.15, 0.2) is 0 Å². The average molecular weight is 404 g/mol. The van der Waals surface area contributed by atoms with Crippen molar-refractivity contribution in [3.8, 4) is 5.69 Å². The number of nitrogens with zero attached hydrogens (tertiary/aromatic N) is 4. The first-order chi connectivity index (χ1) is 14.4. The van der Waals surface area contributed by atoms with Crippen molar-refractivity contribution >= 4 is 16.9 Å². The Morgan fingerprint density at radius 1 is 1.17 bits per heavy atom. The number of aryl methyl sites for hydroxylation is 1. The normalized spacial score (nSPS) is 11.2. The molecule has 30 heavy (non-hydrogen) atoms. The maximum Gasteiger partial charge on any atom is 0.338 e. The second-order valence-electron chi connectivity index (χ2n) is 7.33. The van der Waals surface area contributed by atoms with Crippen LogP contribution in [0.15, 0.2) is 58.0 Å². The van der Waals surface area contributed by atoms with Gasteiger partial charge in [0.05, 0.1) is 11.3 Å². The molecule has 2 aromatic heterocycles. The van der Waals surface area contributed by atoms with Gasteiger partial charge in [0.25, 0.3) is 0 Å². The van der Waals surface area contributed by atoms with Gasteiger partial charge in [-0.1, -0.05) is 13.8 Å². The zero-order valence-corrected chi connectivity index (χ0v) is 16.8. The quantitative estimate of drug-likeness (QED) is 0.370. The molecule has 4 aromatic rings. The molecule has 0 atom stereocenters. The van der Waals surface area contributed by atoms with Gasteiger partial charge >= 0.3 is 11.6 Å². The first-order valence-electron chi connectivity index (χ1n) is 9.50. The molecule has 0 unspecified atom stereocenters. The summed E-state index contributed by atoms with van der Waals surface area (Å²) in [5.41, 5.74) is 3.94. The van der Waals surface area contributed by atoms with E-state index in [1.807, 2.05) is 19.1 Å². The highest BCUT2D eigenvalue weighted by molar-refractivity contribution is 5.90. The molecule has 0 amide bonds. The minimum atomic E-state index is -0.490. The van der Waals surface area contributed by atoms with Gasteiger partial charge in [0, 0.05) is 17.0 Å². The van der Waals surface area contributed by atoms with Crippen LogP contribution in [0.2, 0.25) is 0 Å². The summed E-state index contributed by atoms with van der Waals surface area (Å²) in [7, 11) is 0. The molecule has 0 saturated heterocycles. The fourth-order valence-corrected chi connectivity index (χ4v) is 3.39. The number of ether oxygens (including phenoxy) is 1. The van der Waals surface area contributed by atoms with Crippen LogP contribution < -0.4 is 5.63 Å². The van der Waals surface area contributed by atoms with E-state index in [1.165, 1.54) is 17.1 Å². The largest absolute Gasteiger partial charge is 0.457 e. The molecular weight excluding hydrogens is 384 g/mol. The van der Waals surface area contributed by atoms with Gasteiger partial charge in [0.2, 0.25) is 0 Å². The zero-order valence-electron chi connectivity index (χ0n) is 16.8. The van der Waals surface area contributed by atoms with Crippen LogP contribution in [-0.4, -0.2) is 26.2 Å². The molecule has 152 valence electrons. The Bertz CT molecular complexity index is 1260. The molecule has 8 nitrogen and oxygen atoms in total. The predicted molar refractivity (Wildman–Crippen MR) is 110 cm³/mol. The van der Waals surface area contributed by atoms with E-state index in [0.717, 1.165) is 22.2 Å². The van der Waals surface area contributed by atoms with Crippen molar-refractivity contribution in [3.05, 3.63) is 81.5 Å². The zero-order chi connectivity index (χ0) is 21.3. The number of carbonyl (C=O) groups is 1. The number of rotatable bonds is 5. The molecule has 0 saturated carbocycles. The molecule has 0 bridgehead atoms. The fourth-order valence-electron chi connectivity index (χ4n) is 3.39. The first kappa shape index (κ1) is 19.5. The highest BCUT2D eigenvalue weighted by Gasteiger charge is 2.14. The van der Waals surface area contributed by atoms with Crippen molar-refractivity contribution in [1.29, 1.82) is 0 Å². The van der Waals surface area contributed by atoms with Crippen LogP contribution in [0.3, 0.4) is 0 Å². The Labute approximate surface area is 172 Å². The third-order valence-corrected chi connectivity index (χ3v) is 4.91. The predicted octanol–water partition coefficient (Wildman–Crippen LogP) is 3.56. The Balaban J connectivity index is 1.57. The van der Waals surface area contributed by atoms with Crippen molar-refractivity contribution in [1.82, 2.24) is 20.2 Å². The van der Waals surface area contributed by atoms with E-state index in [0.29, 0.717) is 22.6 Å². The Hall–Kier alpha value is -3.81. The van der Waals surface area contributed by atoms with Crippen LogP contribution in [0.5, 0.6) is 0 Å². The van der Waals surface area contributed by atoms with Crippen LogP contribution in [0, 0.1) is 6.92 Å². The van der Waals surface area contributed by atoms with E-state index in [9.17, 15) is 9.59 Å². The topological polar surface area (TPSA) is 100 Å². The summed E-state index contributed by atoms with van der Waals surface area (Å²) in [6.45, 7) is 6.16. The molecule has 0 aliphatic rings. The number of tetrazole rings is 1. The van der Waals surface area contributed by atoms with E-state index in [-0.39, 0.29) is 6.61 Å². The standard InChI is InChI=1S/C22H20N4O4/c1-13(2)18-10-19-16(9-21(27)30-20(19)8-14(18)3)11-29-22(28)15-4-6-17(7-5-15)26-12-23-24-25-26/h4-10,12-13H,11H2,1-3H3. The smallest absolute Gasteiger partial charge is 0.338 e. The summed E-state index contributed by atoms with van der Waals surface area (Å²) in [5.74, 6) is -0.175. The molecule has 0 N–H and O–H groups in total. The molecule has 8 heteroatoms. The second-order valence-corrected chi connectivity index (χ2v) is 7.33. The van der Waals surface area contributed by atoms with Crippen molar-refractivity contribution < 1.29 is 13.9 Å². The Morgan fingerprint density at radius 2 is 1.93 bits per heavy atom. The summed E-state index contributed by atoms with van der Waals surface area (Å²) >= 11 is 0. The third kappa shape index (κ3) is 3.84. The summed E-state index contributed by atoms with van der Waals surface area (Å²) in [6, 6.07) is 11.9. The molecule has 2 heterocycles. The number of esters is 1. The lowest BCUT2D eigenvalue weighted by molar-refractivity contribution is 0.0474. The van der Waals surface area contributed by atoms with Crippen LogP contribution in [0.25, 0.3) is 16.7 Å². The van der Waals surface area contributed by atoms with Gasteiger partial charge in [-0.3, -0.25) is 0 Å². The van der Waals surface area contributed by atoms with E-state index in [1.54, 1.807) is 24.3 Å². The first-order valence-corrected chi connectivity index (χ1v) is 9.50. The van der Waals surface area contributed by atoms with E-state index in [2.05, 4.69) is 29.4 Å². The van der Waals surface area contributed by atoms with Crippen molar-refractivity contribution in [3.63, 3.8) is 0 Å². The maximum atomic E-state index is 12.5. The number of fused-ring (bicyclic) bond motifs is 1. The maximum absolute atomic E-state index is 12.5. The lowest BCUT2D eigenvalue weighted by atomic mass is 9.95. The number of benzene rings is 2. The second kappa shape index (κ2) is 7.90. The van der Waals surface area contributed by atoms with Gasteiger partial charge in [-0.05, 0) is 70.8 Å². The van der Waals surface area contributed by atoms with Gasteiger partial charge in [0.1, 0.15) is 18.5 Å². The summed E-state index contributed by atoms with van der Waals surface area (Å²) < 4.78 is 12.3.